The Bertz CT molecular complexity index is 970. The third-order valence-electron chi connectivity index (χ3n) is 7.98. The molecule has 4 aliphatic rings. The van der Waals surface area contributed by atoms with E-state index in [1.165, 1.54) is 0 Å². The number of hydrogen-bond acceptors (Lipinski definition) is 12. The molecule has 0 aromatic heterocycles. The Morgan fingerprint density at radius 1 is 1.28 bits per heavy atom. The van der Waals surface area contributed by atoms with Crippen LogP contribution in [0.2, 0.25) is 0 Å². The molecule has 4 unspecified atom stereocenters. The zero-order valence-electron chi connectivity index (χ0n) is 22.6. The van der Waals surface area contributed by atoms with Gasteiger partial charge in [-0.2, -0.15) is 0 Å². The molecule has 0 radical (unpaired) electrons. The van der Waals surface area contributed by atoms with E-state index in [-0.39, 0.29) is 30.5 Å². The highest BCUT2D eigenvalue weighted by atomic mass is 16.6. The number of fused-ring (bicyclic) bond motifs is 1. The summed E-state index contributed by atoms with van der Waals surface area (Å²) in [6, 6.07) is 7.43. The number of benzene rings is 1. The third kappa shape index (κ3) is 6.52. The number of aliphatic hydroxyl groups is 2. The molecule has 5 rings (SSSR count). The first-order valence-corrected chi connectivity index (χ1v) is 13.7. The smallest absolute Gasteiger partial charge is 0.319 e. The van der Waals surface area contributed by atoms with Crippen molar-refractivity contribution in [3.05, 3.63) is 29.8 Å². The first-order valence-electron chi connectivity index (χ1n) is 13.7. The molecule has 39 heavy (non-hydrogen) atoms. The number of ether oxygens (including phenoxy) is 2. The molecule has 9 N–H and O–H groups in total. The summed E-state index contributed by atoms with van der Waals surface area (Å²) in [4.78, 5) is 18.6. The second-order valence-corrected chi connectivity index (χ2v) is 10.9. The number of urea groups is 1. The van der Waals surface area contributed by atoms with Gasteiger partial charge >= 0.3 is 6.03 Å². The number of hydrogen-bond donors (Lipinski definition) is 8. The van der Waals surface area contributed by atoms with Gasteiger partial charge in [0.1, 0.15) is 24.5 Å². The fourth-order valence-corrected chi connectivity index (χ4v) is 5.94. The van der Waals surface area contributed by atoms with Crippen LogP contribution in [0.3, 0.4) is 0 Å². The van der Waals surface area contributed by atoms with Crippen LogP contribution < -0.4 is 32.3 Å². The van der Waals surface area contributed by atoms with Crippen molar-refractivity contribution in [2.75, 3.05) is 65.7 Å². The number of carbonyl (C=O) groups excluding carboxylic acids is 1. The van der Waals surface area contributed by atoms with Crippen molar-refractivity contribution in [1.82, 2.24) is 36.0 Å². The summed E-state index contributed by atoms with van der Waals surface area (Å²) in [5.41, 5.74) is 8.00. The number of anilines is 1. The van der Waals surface area contributed by atoms with E-state index in [4.69, 9.17) is 15.2 Å². The van der Waals surface area contributed by atoms with Crippen LogP contribution in [-0.4, -0.2) is 134 Å². The lowest BCUT2D eigenvalue weighted by Crippen LogP contribution is -2.68. The van der Waals surface area contributed by atoms with E-state index < -0.39 is 24.5 Å². The first-order chi connectivity index (χ1) is 18.8. The highest BCUT2D eigenvalue weighted by molar-refractivity contribution is 5.89. The third-order valence-corrected chi connectivity index (χ3v) is 7.98. The summed E-state index contributed by atoms with van der Waals surface area (Å²) in [5, 5.41) is 37.1. The van der Waals surface area contributed by atoms with E-state index >= 15 is 0 Å². The molecule has 0 saturated carbocycles. The number of nitrogens with one attached hydrogen (secondary N) is 5. The quantitative estimate of drug-likeness (QED) is 0.153. The predicted octanol–water partition coefficient (Wildman–Crippen LogP) is -2.47. The predicted molar refractivity (Wildman–Crippen MR) is 144 cm³/mol. The minimum absolute atomic E-state index is 0.00256. The number of nitrogens with two attached hydrogens (primary N) is 1. The van der Waals surface area contributed by atoms with E-state index in [9.17, 15) is 15.0 Å². The maximum atomic E-state index is 12.4. The molecule has 4 aliphatic heterocycles. The van der Waals surface area contributed by atoms with E-state index in [0.717, 1.165) is 24.2 Å². The van der Waals surface area contributed by atoms with Gasteiger partial charge in [-0.1, -0.05) is 12.1 Å². The highest BCUT2D eigenvalue weighted by Gasteiger charge is 2.53. The Kier molecular flexibility index (Phi) is 9.31. The lowest BCUT2D eigenvalue weighted by Gasteiger charge is -2.39. The molecular weight excluding hydrogens is 506 g/mol. The summed E-state index contributed by atoms with van der Waals surface area (Å²) in [5.74, 6) is 0. The van der Waals surface area contributed by atoms with Crippen LogP contribution in [0.1, 0.15) is 18.1 Å². The Morgan fingerprint density at radius 3 is 2.92 bits per heavy atom. The van der Waals surface area contributed by atoms with Crippen molar-refractivity contribution in [2.45, 2.75) is 55.4 Å². The van der Waals surface area contributed by atoms with Gasteiger partial charge in [-0.15, -0.1) is 0 Å². The molecule has 2 amide bonds. The molecule has 8 atom stereocenters. The zero-order valence-corrected chi connectivity index (χ0v) is 22.6. The molecule has 1 aromatic carbocycles. The van der Waals surface area contributed by atoms with E-state index in [1.54, 1.807) is 0 Å². The van der Waals surface area contributed by atoms with E-state index in [2.05, 4.69) is 31.5 Å². The average Bonchev–Trinajstić information content (AvgIpc) is 3.63. The Hall–Kier alpha value is -1.95. The van der Waals surface area contributed by atoms with Gasteiger partial charge < -0.3 is 41.0 Å². The van der Waals surface area contributed by atoms with Gasteiger partial charge in [0.05, 0.1) is 37.9 Å². The number of aliphatic hydroxyl groups excluding tert-OH is 2. The maximum Gasteiger partial charge on any atom is 0.319 e. The van der Waals surface area contributed by atoms with Gasteiger partial charge in [0.2, 0.25) is 0 Å². The maximum absolute atomic E-state index is 12.4. The summed E-state index contributed by atoms with van der Waals surface area (Å²) >= 11 is 0. The minimum Gasteiger partial charge on any atom is -0.387 e. The second-order valence-electron chi connectivity index (χ2n) is 10.9. The summed E-state index contributed by atoms with van der Waals surface area (Å²) in [6.45, 7) is 4.06. The van der Waals surface area contributed by atoms with Crippen molar-refractivity contribution in [1.29, 1.82) is 0 Å². The molecule has 4 fully saturated rings. The van der Waals surface area contributed by atoms with Crippen molar-refractivity contribution < 1.29 is 24.5 Å². The van der Waals surface area contributed by atoms with Gasteiger partial charge in [-0.05, 0) is 44.8 Å². The van der Waals surface area contributed by atoms with E-state index in [1.807, 2.05) is 48.2 Å². The molecule has 14 heteroatoms. The Labute approximate surface area is 229 Å². The SMILES string of the molecule is CN(CCCNC(=O)Nc1cccc(C2CNCO2)c1)C[C@H]1O[C@@H](N2CN(C)C3C(N)NCNC32)[C@H](O)[C@@H]1O. The van der Waals surface area contributed by atoms with Crippen LogP contribution >= 0.6 is 0 Å². The van der Waals surface area contributed by atoms with Crippen LogP contribution in [0.25, 0.3) is 0 Å². The topological polar surface area (TPSA) is 172 Å². The van der Waals surface area contributed by atoms with Crippen LogP contribution in [0.5, 0.6) is 0 Å². The van der Waals surface area contributed by atoms with Crippen LogP contribution in [0, 0.1) is 0 Å². The fraction of sp³-hybridized carbons (Fsp3) is 0.720. The van der Waals surface area contributed by atoms with Crippen LogP contribution in [-0.2, 0) is 9.47 Å². The highest BCUT2D eigenvalue weighted by Crippen LogP contribution is 2.31. The van der Waals surface area contributed by atoms with Gasteiger partial charge in [-0.3, -0.25) is 20.9 Å². The van der Waals surface area contributed by atoms with Crippen molar-refractivity contribution in [2.24, 2.45) is 5.73 Å². The number of amides is 2. The summed E-state index contributed by atoms with van der Waals surface area (Å²) in [6.07, 6.45) is -2.74. The lowest BCUT2D eigenvalue weighted by molar-refractivity contribution is -0.107. The van der Waals surface area contributed by atoms with Gasteiger partial charge in [-0.25, -0.2) is 9.69 Å². The number of nitrogens with zero attached hydrogens (tertiary/aromatic N) is 3. The molecule has 1 aromatic rings. The van der Waals surface area contributed by atoms with Gasteiger partial charge in [0.15, 0.2) is 0 Å². The first kappa shape index (κ1) is 28.6. The molecule has 218 valence electrons. The van der Waals surface area contributed by atoms with Crippen molar-refractivity contribution in [3.63, 3.8) is 0 Å². The second kappa shape index (κ2) is 12.7. The molecule has 0 aliphatic carbocycles. The normalized spacial score (nSPS) is 35.4. The standard InChI is InChI=1S/C25H43N9O5/c1-32(8-4-7-28-25(37)31-16-6-3-5-15(9-16)17-10-27-13-38-17)11-18-20(35)21(36)24(39-18)34-14-33(2)19-22(26)29-12-30-23(19)34/h3,5-6,9,17-24,27,29-30,35-36H,4,7-8,10-14,26H2,1-2H3,(H2,28,31,37)/t17?,18-,19?,20-,21-,22?,23?,24-/m1/s1. The summed E-state index contributed by atoms with van der Waals surface area (Å²) in [7, 11) is 3.93. The molecular formula is C25H43N9O5. The monoisotopic (exact) mass is 549 g/mol. The Morgan fingerprint density at radius 2 is 2.13 bits per heavy atom. The van der Waals surface area contributed by atoms with E-state index in [0.29, 0.717) is 39.7 Å². The number of likely N-dealkylation sites (N-methyl/N-ethyl adjacent to an activating group) is 2. The molecule has 4 heterocycles. The average molecular weight is 550 g/mol. The van der Waals surface area contributed by atoms with Gasteiger partial charge in [0.25, 0.3) is 0 Å². The fourth-order valence-electron chi connectivity index (χ4n) is 5.94. The Balaban J connectivity index is 1.03. The van der Waals surface area contributed by atoms with Crippen LogP contribution in [0.4, 0.5) is 10.5 Å². The zero-order chi connectivity index (χ0) is 27.5. The molecule has 0 spiro atoms. The van der Waals surface area contributed by atoms with Gasteiger partial charge in [0, 0.05) is 32.0 Å². The number of rotatable bonds is 9. The van der Waals surface area contributed by atoms with Crippen LogP contribution in [0.15, 0.2) is 24.3 Å². The largest absolute Gasteiger partial charge is 0.387 e. The van der Waals surface area contributed by atoms with Crippen molar-refractivity contribution >= 4 is 11.7 Å². The lowest BCUT2D eigenvalue weighted by atomic mass is 10.1. The minimum atomic E-state index is -1.02. The molecule has 0 bridgehead atoms. The summed E-state index contributed by atoms with van der Waals surface area (Å²) < 4.78 is 11.8. The number of carbonyl (C=O) groups is 1. The molecule has 14 nitrogen and oxygen atoms in total. The molecule has 4 saturated heterocycles. The van der Waals surface area contributed by atoms with Crippen molar-refractivity contribution in [3.8, 4) is 0 Å².